The summed E-state index contributed by atoms with van der Waals surface area (Å²) in [4.78, 5) is 30.0. The Morgan fingerprint density at radius 2 is 1.71 bits per heavy atom. The minimum Gasteiger partial charge on any atom is -0.341 e. The van der Waals surface area contributed by atoms with Gasteiger partial charge in [-0.2, -0.15) is 11.8 Å². The van der Waals surface area contributed by atoms with E-state index in [1.807, 2.05) is 60.1 Å². The highest BCUT2D eigenvalue weighted by Crippen LogP contribution is 2.46. The molecule has 146 valence electrons. The van der Waals surface area contributed by atoms with Gasteiger partial charge in [0.1, 0.15) is 0 Å². The van der Waals surface area contributed by atoms with Crippen LogP contribution in [0.25, 0.3) is 0 Å². The van der Waals surface area contributed by atoms with Gasteiger partial charge in [-0.05, 0) is 30.0 Å². The maximum atomic E-state index is 13.5. The average Bonchev–Trinajstić information content (AvgIpc) is 2.96. The number of carbonyl (C=O) groups excluding carboxylic acids is 2. The standard InChI is InChI=1S/C23H26N2O2S/c1-24-20-10-6-5-9-19(20)23(22(24)27,17-18-7-3-2-4-8-18)12-11-21(26)25-13-15-28-16-14-25/h2-10H,11-17H2,1H3/t23-/m1/s1. The van der Waals surface area contributed by atoms with Gasteiger partial charge in [0.05, 0.1) is 5.41 Å². The summed E-state index contributed by atoms with van der Waals surface area (Å²) in [6.45, 7) is 1.64. The Bertz CT molecular complexity index is 864. The van der Waals surface area contributed by atoms with Crippen LogP contribution in [0.5, 0.6) is 0 Å². The Morgan fingerprint density at radius 1 is 1.04 bits per heavy atom. The fraction of sp³-hybridized carbons (Fsp3) is 0.391. The molecule has 2 aromatic carbocycles. The molecule has 2 heterocycles. The molecule has 4 rings (SSSR count). The van der Waals surface area contributed by atoms with Crippen LogP contribution in [0.3, 0.4) is 0 Å². The lowest BCUT2D eigenvalue weighted by molar-refractivity contribution is -0.131. The van der Waals surface area contributed by atoms with E-state index in [-0.39, 0.29) is 11.8 Å². The fourth-order valence-corrected chi connectivity index (χ4v) is 5.36. The van der Waals surface area contributed by atoms with E-state index in [2.05, 4.69) is 18.2 Å². The number of benzene rings is 2. The Labute approximate surface area is 170 Å². The quantitative estimate of drug-likeness (QED) is 0.779. The fourth-order valence-electron chi connectivity index (χ4n) is 4.45. The van der Waals surface area contributed by atoms with E-state index in [1.165, 1.54) is 0 Å². The van der Waals surface area contributed by atoms with Crippen LogP contribution in [-0.2, 0) is 21.4 Å². The molecule has 1 atom stereocenters. The second-order valence-electron chi connectivity index (χ2n) is 7.62. The number of anilines is 1. The number of carbonyl (C=O) groups is 2. The first-order valence-corrected chi connectivity index (χ1v) is 11.0. The van der Waals surface area contributed by atoms with Gasteiger partial charge in [-0.1, -0.05) is 48.5 Å². The Morgan fingerprint density at radius 3 is 2.46 bits per heavy atom. The number of hydrogen-bond donors (Lipinski definition) is 0. The maximum absolute atomic E-state index is 13.5. The Kier molecular flexibility index (Phi) is 5.44. The van der Waals surface area contributed by atoms with Crippen molar-refractivity contribution in [2.75, 3.05) is 36.5 Å². The third-order valence-electron chi connectivity index (χ3n) is 5.97. The van der Waals surface area contributed by atoms with E-state index in [4.69, 9.17) is 0 Å². The predicted molar refractivity (Wildman–Crippen MR) is 115 cm³/mol. The van der Waals surface area contributed by atoms with Gasteiger partial charge in [-0.15, -0.1) is 0 Å². The summed E-state index contributed by atoms with van der Waals surface area (Å²) in [5.41, 5.74) is 2.47. The summed E-state index contributed by atoms with van der Waals surface area (Å²) in [5, 5.41) is 0. The number of amides is 2. The van der Waals surface area contributed by atoms with Crippen LogP contribution >= 0.6 is 11.8 Å². The van der Waals surface area contributed by atoms with Crippen LogP contribution in [0.4, 0.5) is 5.69 Å². The van der Waals surface area contributed by atoms with Crippen molar-refractivity contribution in [3.05, 3.63) is 65.7 Å². The van der Waals surface area contributed by atoms with Crippen LogP contribution in [-0.4, -0.2) is 48.4 Å². The van der Waals surface area contributed by atoms with E-state index < -0.39 is 5.41 Å². The lowest BCUT2D eigenvalue weighted by atomic mass is 9.73. The highest BCUT2D eigenvalue weighted by Gasteiger charge is 2.49. The Hall–Kier alpha value is -2.27. The molecule has 2 amide bonds. The van der Waals surface area contributed by atoms with Gasteiger partial charge in [-0.3, -0.25) is 9.59 Å². The topological polar surface area (TPSA) is 40.6 Å². The van der Waals surface area contributed by atoms with Crippen molar-refractivity contribution in [3.8, 4) is 0 Å². The summed E-state index contributed by atoms with van der Waals surface area (Å²) in [6.07, 6.45) is 1.58. The van der Waals surface area contributed by atoms with Gasteiger partial charge < -0.3 is 9.80 Å². The molecule has 5 heteroatoms. The van der Waals surface area contributed by atoms with Gasteiger partial charge in [0.25, 0.3) is 0 Å². The molecule has 0 radical (unpaired) electrons. The maximum Gasteiger partial charge on any atom is 0.237 e. The smallest absolute Gasteiger partial charge is 0.237 e. The van der Waals surface area contributed by atoms with Crippen molar-refractivity contribution < 1.29 is 9.59 Å². The zero-order valence-electron chi connectivity index (χ0n) is 16.3. The van der Waals surface area contributed by atoms with Crippen molar-refractivity contribution >= 4 is 29.3 Å². The normalized spacial score (nSPS) is 21.7. The molecule has 0 aromatic heterocycles. The first kappa shape index (κ1) is 19.1. The van der Waals surface area contributed by atoms with Gasteiger partial charge >= 0.3 is 0 Å². The van der Waals surface area contributed by atoms with Gasteiger partial charge in [0, 0.05) is 43.8 Å². The average molecular weight is 395 g/mol. The van der Waals surface area contributed by atoms with Crippen LogP contribution in [0.2, 0.25) is 0 Å². The van der Waals surface area contributed by atoms with E-state index in [1.54, 1.807) is 4.90 Å². The molecule has 0 spiro atoms. The van der Waals surface area contributed by atoms with Crippen LogP contribution in [0.1, 0.15) is 24.0 Å². The monoisotopic (exact) mass is 394 g/mol. The highest BCUT2D eigenvalue weighted by molar-refractivity contribution is 7.99. The second kappa shape index (κ2) is 8.00. The third-order valence-corrected chi connectivity index (χ3v) is 6.92. The number of rotatable bonds is 5. The molecule has 2 aliphatic heterocycles. The molecule has 0 bridgehead atoms. The zero-order valence-corrected chi connectivity index (χ0v) is 17.1. The number of fused-ring (bicyclic) bond motifs is 1. The Balaban J connectivity index is 1.65. The minimum atomic E-state index is -0.674. The first-order chi connectivity index (χ1) is 13.6. The molecule has 0 saturated carbocycles. The third kappa shape index (κ3) is 3.44. The van der Waals surface area contributed by atoms with Gasteiger partial charge in [-0.25, -0.2) is 0 Å². The highest BCUT2D eigenvalue weighted by atomic mass is 32.2. The summed E-state index contributed by atoms with van der Waals surface area (Å²) >= 11 is 1.90. The molecule has 2 aliphatic rings. The number of para-hydroxylation sites is 1. The van der Waals surface area contributed by atoms with Crippen LogP contribution < -0.4 is 4.90 Å². The first-order valence-electron chi connectivity index (χ1n) is 9.89. The molecule has 0 N–H and O–H groups in total. The molecule has 0 unspecified atom stereocenters. The van der Waals surface area contributed by atoms with E-state index in [0.29, 0.717) is 19.3 Å². The van der Waals surface area contributed by atoms with Crippen molar-refractivity contribution in [1.29, 1.82) is 0 Å². The van der Waals surface area contributed by atoms with Gasteiger partial charge in [0.2, 0.25) is 11.8 Å². The summed E-state index contributed by atoms with van der Waals surface area (Å²) in [6, 6.07) is 18.2. The number of likely N-dealkylation sites (N-methyl/N-ethyl adjacent to an activating group) is 1. The minimum absolute atomic E-state index is 0.0968. The van der Waals surface area contributed by atoms with E-state index in [9.17, 15) is 9.59 Å². The summed E-state index contributed by atoms with van der Waals surface area (Å²) < 4.78 is 0. The number of hydrogen-bond acceptors (Lipinski definition) is 3. The van der Waals surface area contributed by atoms with E-state index >= 15 is 0 Å². The molecular formula is C23H26N2O2S. The number of nitrogens with zero attached hydrogens (tertiary/aromatic N) is 2. The summed E-state index contributed by atoms with van der Waals surface area (Å²) in [5.74, 6) is 2.28. The lowest BCUT2D eigenvalue weighted by Crippen LogP contribution is -2.43. The van der Waals surface area contributed by atoms with E-state index in [0.717, 1.165) is 41.4 Å². The second-order valence-corrected chi connectivity index (χ2v) is 8.84. The van der Waals surface area contributed by atoms with Crippen LogP contribution in [0, 0.1) is 0 Å². The lowest BCUT2D eigenvalue weighted by Gasteiger charge is -2.31. The SMILES string of the molecule is CN1C(=O)[C@](CCC(=O)N2CCSCC2)(Cc2ccccc2)c2ccccc21. The summed E-state index contributed by atoms with van der Waals surface area (Å²) in [7, 11) is 1.84. The molecule has 4 nitrogen and oxygen atoms in total. The van der Waals surface area contributed by atoms with Crippen molar-refractivity contribution in [2.24, 2.45) is 0 Å². The molecule has 28 heavy (non-hydrogen) atoms. The van der Waals surface area contributed by atoms with Crippen molar-refractivity contribution in [1.82, 2.24) is 4.90 Å². The molecule has 0 aliphatic carbocycles. The van der Waals surface area contributed by atoms with Crippen molar-refractivity contribution in [3.63, 3.8) is 0 Å². The molecular weight excluding hydrogens is 368 g/mol. The van der Waals surface area contributed by atoms with Crippen LogP contribution in [0.15, 0.2) is 54.6 Å². The molecule has 1 saturated heterocycles. The van der Waals surface area contributed by atoms with Crippen molar-refractivity contribution in [2.45, 2.75) is 24.7 Å². The molecule has 1 fully saturated rings. The zero-order chi connectivity index (χ0) is 19.6. The predicted octanol–water partition coefficient (Wildman–Crippen LogP) is 3.50. The molecule has 2 aromatic rings. The number of thioether (sulfide) groups is 1. The largest absolute Gasteiger partial charge is 0.341 e. The van der Waals surface area contributed by atoms with Gasteiger partial charge in [0.15, 0.2) is 0 Å².